The van der Waals surface area contributed by atoms with E-state index in [9.17, 15) is 4.79 Å². The van der Waals surface area contributed by atoms with Gasteiger partial charge in [-0.15, -0.1) is 0 Å². The van der Waals surface area contributed by atoms with Crippen LogP contribution >= 0.6 is 11.6 Å². The molecule has 0 radical (unpaired) electrons. The Morgan fingerprint density at radius 2 is 2.12 bits per heavy atom. The minimum absolute atomic E-state index is 0.207. The Balaban J connectivity index is 1.79. The highest BCUT2D eigenvalue weighted by molar-refractivity contribution is 6.33. The van der Waals surface area contributed by atoms with Crippen LogP contribution in [-0.2, 0) is 11.8 Å². The highest BCUT2D eigenvalue weighted by Gasteiger charge is 2.21. The van der Waals surface area contributed by atoms with Crippen molar-refractivity contribution in [2.24, 2.45) is 7.05 Å². The maximum Gasteiger partial charge on any atom is 0.287 e. The number of nitrogens with one attached hydrogen (secondary N) is 1. The van der Waals surface area contributed by atoms with Gasteiger partial charge in [0.2, 0.25) is 0 Å². The first kappa shape index (κ1) is 17.3. The second-order valence-electron chi connectivity index (χ2n) is 5.50. The zero-order valence-electron chi connectivity index (χ0n) is 13.9. The maximum atomic E-state index is 12.5. The summed E-state index contributed by atoms with van der Waals surface area (Å²) in [5.41, 5.74) is 1.58. The Bertz CT molecular complexity index is 872. The summed E-state index contributed by atoms with van der Waals surface area (Å²) in [6, 6.07) is 12.2. The normalized spacial score (nSPS) is 12.1. The summed E-state index contributed by atoms with van der Waals surface area (Å²) >= 11 is 6.17. The van der Waals surface area contributed by atoms with Crippen LogP contribution in [0.15, 0.2) is 53.1 Å². The standard InChI is InChI=1S/C18H18ClN3O3/c1-22-15(9-10-20-22)14(11-24-2)21-18(23)17-8-7-16(25-17)12-5-3-4-6-13(12)19/h3-10,14H,11H2,1-2H3,(H,21,23)/t14-/m0/s1. The fourth-order valence-electron chi connectivity index (χ4n) is 2.59. The van der Waals surface area contributed by atoms with Crippen molar-refractivity contribution >= 4 is 17.5 Å². The van der Waals surface area contributed by atoms with Crippen molar-refractivity contribution in [3.63, 3.8) is 0 Å². The van der Waals surface area contributed by atoms with Gasteiger partial charge in [-0.1, -0.05) is 23.7 Å². The number of methoxy groups -OCH3 is 1. The lowest BCUT2D eigenvalue weighted by atomic mass is 10.2. The zero-order chi connectivity index (χ0) is 17.8. The number of carbonyl (C=O) groups excluding carboxylic acids is 1. The number of carbonyl (C=O) groups is 1. The maximum absolute atomic E-state index is 12.5. The number of aryl methyl sites for hydroxylation is 1. The Hall–Kier alpha value is -2.57. The van der Waals surface area contributed by atoms with Crippen molar-refractivity contribution < 1.29 is 13.9 Å². The molecule has 3 aromatic rings. The number of halogens is 1. The van der Waals surface area contributed by atoms with Crippen LogP contribution in [0.1, 0.15) is 22.3 Å². The molecule has 0 fully saturated rings. The largest absolute Gasteiger partial charge is 0.451 e. The molecule has 1 aromatic carbocycles. The van der Waals surface area contributed by atoms with E-state index >= 15 is 0 Å². The summed E-state index contributed by atoms with van der Waals surface area (Å²) in [6.45, 7) is 0.323. The summed E-state index contributed by atoms with van der Waals surface area (Å²) in [6.07, 6.45) is 1.67. The van der Waals surface area contributed by atoms with Gasteiger partial charge in [0, 0.05) is 25.9 Å². The van der Waals surface area contributed by atoms with E-state index in [4.69, 9.17) is 20.8 Å². The van der Waals surface area contributed by atoms with E-state index < -0.39 is 0 Å². The quantitative estimate of drug-likeness (QED) is 0.731. The lowest BCUT2D eigenvalue weighted by Gasteiger charge is -2.17. The first-order valence-electron chi connectivity index (χ1n) is 7.72. The lowest BCUT2D eigenvalue weighted by Crippen LogP contribution is -2.32. The van der Waals surface area contributed by atoms with E-state index in [1.807, 2.05) is 31.3 Å². The topological polar surface area (TPSA) is 69.3 Å². The van der Waals surface area contributed by atoms with Crippen molar-refractivity contribution in [2.75, 3.05) is 13.7 Å². The molecule has 3 rings (SSSR count). The molecule has 0 spiro atoms. The Labute approximate surface area is 150 Å². The molecular weight excluding hydrogens is 342 g/mol. The van der Waals surface area contributed by atoms with Gasteiger partial charge < -0.3 is 14.5 Å². The molecule has 0 aliphatic heterocycles. The van der Waals surface area contributed by atoms with Gasteiger partial charge in [0.05, 0.1) is 23.4 Å². The Morgan fingerprint density at radius 3 is 2.80 bits per heavy atom. The molecule has 0 saturated carbocycles. The van der Waals surface area contributed by atoms with Crippen LogP contribution in [0.5, 0.6) is 0 Å². The molecule has 0 aliphatic rings. The van der Waals surface area contributed by atoms with E-state index in [0.29, 0.717) is 17.4 Å². The average molecular weight is 360 g/mol. The molecule has 7 heteroatoms. The molecule has 1 atom stereocenters. The van der Waals surface area contributed by atoms with E-state index in [2.05, 4.69) is 10.4 Å². The van der Waals surface area contributed by atoms with Gasteiger partial charge in [-0.05, 0) is 30.3 Å². The molecule has 1 amide bonds. The van der Waals surface area contributed by atoms with Gasteiger partial charge in [0.1, 0.15) is 5.76 Å². The van der Waals surface area contributed by atoms with Crippen LogP contribution in [0.3, 0.4) is 0 Å². The van der Waals surface area contributed by atoms with Gasteiger partial charge in [0.15, 0.2) is 5.76 Å². The molecule has 25 heavy (non-hydrogen) atoms. The highest BCUT2D eigenvalue weighted by Crippen LogP contribution is 2.29. The SMILES string of the molecule is COC[C@H](NC(=O)c1ccc(-c2ccccc2Cl)o1)c1ccnn1C. The van der Waals surface area contributed by atoms with Crippen LogP contribution in [0.4, 0.5) is 0 Å². The van der Waals surface area contributed by atoms with Crippen LogP contribution in [0, 0.1) is 0 Å². The van der Waals surface area contributed by atoms with Crippen molar-refractivity contribution in [1.29, 1.82) is 0 Å². The fourth-order valence-corrected chi connectivity index (χ4v) is 2.82. The molecule has 0 aliphatic carbocycles. The third kappa shape index (κ3) is 3.75. The molecule has 2 aromatic heterocycles. The zero-order valence-corrected chi connectivity index (χ0v) is 14.7. The third-order valence-corrected chi connectivity index (χ3v) is 4.15. The summed E-state index contributed by atoms with van der Waals surface area (Å²) in [5.74, 6) is 0.416. The van der Waals surface area contributed by atoms with E-state index in [1.54, 1.807) is 36.2 Å². The molecule has 130 valence electrons. The summed E-state index contributed by atoms with van der Waals surface area (Å²) in [5, 5.41) is 7.60. The summed E-state index contributed by atoms with van der Waals surface area (Å²) < 4.78 is 12.6. The Morgan fingerprint density at radius 1 is 1.32 bits per heavy atom. The van der Waals surface area contributed by atoms with Crippen molar-refractivity contribution in [2.45, 2.75) is 6.04 Å². The Kier molecular flexibility index (Phi) is 5.21. The predicted molar refractivity (Wildman–Crippen MR) is 94.4 cm³/mol. The lowest BCUT2D eigenvalue weighted by molar-refractivity contribution is 0.0865. The van der Waals surface area contributed by atoms with E-state index in [0.717, 1.165) is 11.3 Å². The van der Waals surface area contributed by atoms with Crippen molar-refractivity contribution in [3.05, 3.63) is 65.1 Å². The van der Waals surface area contributed by atoms with E-state index in [-0.39, 0.29) is 17.7 Å². The third-order valence-electron chi connectivity index (χ3n) is 3.82. The van der Waals surface area contributed by atoms with Crippen molar-refractivity contribution in [1.82, 2.24) is 15.1 Å². The minimum Gasteiger partial charge on any atom is -0.451 e. The number of benzene rings is 1. The van der Waals surface area contributed by atoms with Gasteiger partial charge in [0.25, 0.3) is 5.91 Å². The first-order valence-corrected chi connectivity index (χ1v) is 8.10. The van der Waals surface area contributed by atoms with Crippen molar-refractivity contribution in [3.8, 4) is 11.3 Å². The number of aromatic nitrogens is 2. The van der Waals surface area contributed by atoms with Crippen LogP contribution in [-0.4, -0.2) is 29.4 Å². The molecular formula is C18H18ClN3O3. The average Bonchev–Trinajstić information content (AvgIpc) is 3.24. The number of hydrogen-bond donors (Lipinski definition) is 1. The predicted octanol–water partition coefficient (Wildman–Crippen LogP) is 3.45. The van der Waals surface area contributed by atoms with Crippen LogP contribution < -0.4 is 5.32 Å². The first-order chi connectivity index (χ1) is 12.1. The number of nitrogens with zero attached hydrogens (tertiary/aromatic N) is 2. The summed E-state index contributed by atoms with van der Waals surface area (Å²) in [4.78, 5) is 12.5. The fraction of sp³-hybridized carbons (Fsp3) is 0.222. The second kappa shape index (κ2) is 7.55. The number of rotatable bonds is 6. The van der Waals surface area contributed by atoms with Crippen LogP contribution in [0.2, 0.25) is 5.02 Å². The number of amides is 1. The molecule has 2 heterocycles. The van der Waals surface area contributed by atoms with Gasteiger partial charge in [-0.2, -0.15) is 5.10 Å². The molecule has 0 unspecified atom stereocenters. The van der Waals surface area contributed by atoms with E-state index in [1.165, 1.54) is 0 Å². The van der Waals surface area contributed by atoms with Gasteiger partial charge in [-0.25, -0.2) is 0 Å². The van der Waals surface area contributed by atoms with Gasteiger partial charge in [-0.3, -0.25) is 9.48 Å². The molecule has 0 bridgehead atoms. The van der Waals surface area contributed by atoms with Crippen LogP contribution in [0.25, 0.3) is 11.3 Å². The number of hydrogen-bond acceptors (Lipinski definition) is 4. The molecule has 1 N–H and O–H groups in total. The minimum atomic E-state index is -0.334. The highest BCUT2D eigenvalue weighted by atomic mass is 35.5. The monoisotopic (exact) mass is 359 g/mol. The number of ether oxygens (including phenoxy) is 1. The smallest absolute Gasteiger partial charge is 0.287 e. The van der Waals surface area contributed by atoms with Gasteiger partial charge >= 0.3 is 0 Å². The second-order valence-corrected chi connectivity index (χ2v) is 5.91. The number of furan rings is 1. The molecule has 0 saturated heterocycles. The molecule has 6 nitrogen and oxygen atoms in total. The summed E-state index contributed by atoms with van der Waals surface area (Å²) in [7, 11) is 3.39.